The molecule has 72 valence electrons. The summed E-state index contributed by atoms with van der Waals surface area (Å²) in [6.07, 6.45) is 0.281. The first-order valence-corrected chi connectivity index (χ1v) is 4.35. The molecule has 2 nitrogen and oxygen atoms in total. The van der Waals surface area contributed by atoms with Crippen LogP contribution in [0.5, 0.6) is 0 Å². The van der Waals surface area contributed by atoms with E-state index in [0.29, 0.717) is 13.2 Å². The van der Waals surface area contributed by atoms with Crippen LogP contribution >= 0.6 is 0 Å². The zero-order valence-corrected chi connectivity index (χ0v) is 7.06. The molecule has 0 aromatic heterocycles. The molecule has 1 aliphatic carbocycles. The minimum absolute atomic E-state index is 0.229. The highest BCUT2D eigenvalue weighted by Crippen LogP contribution is 2.28. The van der Waals surface area contributed by atoms with Crippen LogP contribution in [-0.2, 0) is 4.74 Å². The first-order chi connectivity index (χ1) is 5.79. The van der Waals surface area contributed by atoms with Gasteiger partial charge in [-0.3, -0.25) is 0 Å². The van der Waals surface area contributed by atoms with Crippen molar-refractivity contribution in [2.75, 3.05) is 26.3 Å². The molecule has 4 heteroatoms. The molecule has 0 amide bonds. The van der Waals surface area contributed by atoms with Crippen LogP contribution in [0.4, 0.5) is 8.78 Å². The number of hydrogen-bond acceptors (Lipinski definition) is 2. The van der Waals surface area contributed by atoms with Gasteiger partial charge in [-0.25, -0.2) is 8.78 Å². The van der Waals surface area contributed by atoms with Crippen LogP contribution < -0.4 is 5.32 Å². The van der Waals surface area contributed by atoms with Gasteiger partial charge in [0, 0.05) is 13.2 Å². The molecule has 0 atom stereocenters. The molecule has 0 aromatic rings. The molecular formula is C8H15F2NO. The minimum atomic E-state index is -2.26. The van der Waals surface area contributed by atoms with Crippen molar-refractivity contribution >= 4 is 0 Å². The standard InChI is InChI=1S/C8H15F2NO/c9-8(10)5-11-3-4-12-6-7-1-2-7/h7-8,11H,1-6H2. The first kappa shape index (κ1) is 9.86. The highest BCUT2D eigenvalue weighted by atomic mass is 19.3. The monoisotopic (exact) mass is 179 g/mol. The van der Waals surface area contributed by atoms with E-state index >= 15 is 0 Å². The van der Waals surface area contributed by atoms with Gasteiger partial charge in [-0.05, 0) is 18.8 Å². The topological polar surface area (TPSA) is 21.3 Å². The van der Waals surface area contributed by atoms with Crippen LogP contribution in [0.3, 0.4) is 0 Å². The molecule has 0 bridgehead atoms. The second kappa shape index (κ2) is 5.43. The Bertz CT molecular complexity index is 112. The summed E-state index contributed by atoms with van der Waals surface area (Å²) in [6.45, 7) is 1.64. The van der Waals surface area contributed by atoms with Crippen molar-refractivity contribution in [1.29, 1.82) is 0 Å². The Labute approximate surface area is 71.3 Å². The molecule has 0 heterocycles. The summed E-state index contributed by atoms with van der Waals surface area (Å²) in [7, 11) is 0. The lowest BCUT2D eigenvalue weighted by atomic mass is 10.5. The largest absolute Gasteiger partial charge is 0.380 e. The van der Waals surface area contributed by atoms with E-state index in [2.05, 4.69) is 5.32 Å². The molecule has 1 fully saturated rings. The van der Waals surface area contributed by atoms with Crippen LogP contribution in [0.25, 0.3) is 0 Å². The summed E-state index contributed by atoms with van der Waals surface area (Å²) in [6, 6.07) is 0. The van der Waals surface area contributed by atoms with Gasteiger partial charge in [0.15, 0.2) is 0 Å². The van der Waals surface area contributed by atoms with Gasteiger partial charge in [0.25, 0.3) is 6.43 Å². The third-order valence-corrected chi connectivity index (χ3v) is 1.77. The molecular weight excluding hydrogens is 164 g/mol. The first-order valence-electron chi connectivity index (χ1n) is 4.35. The highest BCUT2D eigenvalue weighted by molar-refractivity contribution is 4.71. The Morgan fingerprint density at radius 2 is 2.17 bits per heavy atom. The quantitative estimate of drug-likeness (QED) is 0.594. The predicted molar refractivity (Wildman–Crippen MR) is 42.4 cm³/mol. The zero-order chi connectivity index (χ0) is 8.81. The normalized spacial score (nSPS) is 17.2. The van der Waals surface area contributed by atoms with Gasteiger partial charge in [-0.2, -0.15) is 0 Å². The molecule has 0 unspecified atom stereocenters. The maximum atomic E-state index is 11.6. The Kier molecular flexibility index (Phi) is 4.46. The van der Waals surface area contributed by atoms with E-state index < -0.39 is 6.43 Å². The van der Waals surface area contributed by atoms with Gasteiger partial charge >= 0.3 is 0 Å². The number of halogens is 2. The highest BCUT2D eigenvalue weighted by Gasteiger charge is 2.20. The molecule has 12 heavy (non-hydrogen) atoms. The Hall–Kier alpha value is -0.220. The van der Waals surface area contributed by atoms with Crippen LogP contribution in [0.1, 0.15) is 12.8 Å². The SMILES string of the molecule is FC(F)CNCCOCC1CC1. The summed E-state index contributed by atoms with van der Waals surface area (Å²) in [5, 5.41) is 2.60. The maximum Gasteiger partial charge on any atom is 0.250 e. The van der Waals surface area contributed by atoms with Gasteiger partial charge in [0.1, 0.15) is 0 Å². The Morgan fingerprint density at radius 3 is 2.75 bits per heavy atom. The lowest BCUT2D eigenvalue weighted by Crippen LogP contribution is -2.25. The molecule has 0 radical (unpaired) electrons. The fourth-order valence-corrected chi connectivity index (χ4v) is 0.890. The van der Waals surface area contributed by atoms with Gasteiger partial charge in [0.05, 0.1) is 13.2 Å². The summed E-state index contributed by atoms with van der Waals surface area (Å²) in [4.78, 5) is 0. The van der Waals surface area contributed by atoms with Crippen molar-refractivity contribution < 1.29 is 13.5 Å². The van der Waals surface area contributed by atoms with E-state index in [1.54, 1.807) is 0 Å². The molecule has 0 aromatic carbocycles. The minimum Gasteiger partial charge on any atom is -0.380 e. The van der Waals surface area contributed by atoms with E-state index in [0.717, 1.165) is 12.5 Å². The third-order valence-electron chi connectivity index (χ3n) is 1.77. The molecule has 1 aliphatic rings. The average molecular weight is 179 g/mol. The van der Waals surface area contributed by atoms with Crippen molar-refractivity contribution in [2.45, 2.75) is 19.3 Å². The van der Waals surface area contributed by atoms with Crippen molar-refractivity contribution in [3.8, 4) is 0 Å². The zero-order valence-electron chi connectivity index (χ0n) is 7.06. The van der Waals surface area contributed by atoms with E-state index in [-0.39, 0.29) is 6.54 Å². The summed E-state index contributed by atoms with van der Waals surface area (Å²) >= 11 is 0. The molecule has 0 spiro atoms. The number of rotatable bonds is 7. The third kappa shape index (κ3) is 5.43. The summed E-state index contributed by atoms with van der Waals surface area (Å²) in [5.74, 6) is 0.750. The number of alkyl halides is 2. The van der Waals surface area contributed by atoms with Crippen LogP contribution in [0.15, 0.2) is 0 Å². The molecule has 0 saturated heterocycles. The van der Waals surface area contributed by atoms with Crippen LogP contribution in [0, 0.1) is 5.92 Å². The smallest absolute Gasteiger partial charge is 0.250 e. The lowest BCUT2D eigenvalue weighted by molar-refractivity contribution is 0.114. The maximum absolute atomic E-state index is 11.6. The van der Waals surface area contributed by atoms with E-state index in [1.807, 2.05) is 0 Å². The Balaban J connectivity index is 1.70. The van der Waals surface area contributed by atoms with Crippen molar-refractivity contribution in [3.05, 3.63) is 0 Å². The van der Waals surface area contributed by atoms with Gasteiger partial charge < -0.3 is 10.1 Å². The fourth-order valence-electron chi connectivity index (χ4n) is 0.890. The van der Waals surface area contributed by atoms with Crippen LogP contribution in [-0.4, -0.2) is 32.7 Å². The molecule has 1 rings (SSSR count). The predicted octanol–water partition coefficient (Wildman–Crippen LogP) is 1.27. The van der Waals surface area contributed by atoms with Crippen LogP contribution in [0.2, 0.25) is 0 Å². The van der Waals surface area contributed by atoms with Gasteiger partial charge in [-0.1, -0.05) is 0 Å². The van der Waals surface area contributed by atoms with E-state index in [4.69, 9.17) is 4.74 Å². The second-order valence-corrected chi connectivity index (χ2v) is 3.11. The van der Waals surface area contributed by atoms with Gasteiger partial charge in [0.2, 0.25) is 0 Å². The molecule has 1 N–H and O–H groups in total. The average Bonchev–Trinajstić information content (AvgIpc) is 2.79. The van der Waals surface area contributed by atoms with Crippen molar-refractivity contribution in [2.24, 2.45) is 5.92 Å². The lowest BCUT2D eigenvalue weighted by Gasteiger charge is -2.04. The number of hydrogen-bond donors (Lipinski definition) is 1. The van der Waals surface area contributed by atoms with Crippen molar-refractivity contribution in [1.82, 2.24) is 5.32 Å². The number of nitrogens with one attached hydrogen (secondary N) is 1. The van der Waals surface area contributed by atoms with E-state index in [1.165, 1.54) is 12.8 Å². The Morgan fingerprint density at radius 1 is 1.42 bits per heavy atom. The van der Waals surface area contributed by atoms with Gasteiger partial charge in [-0.15, -0.1) is 0 Å². The second-order valence-electron chi connectivity index (χ2n) is 3.11. The van der Waals surface area contributed by atoms with Crippen molar-refractivity contribution in [3.63, 3.8) is 0 Å². The summed E-state index contributed by atoms with van der Waals surface area (Å²) in [5.41, 5.74) is 0. The van der Waals surface area contributed by atoms with E-state index in [9.17, 15) is 8.78 Å². The fraction of sp³-hybridized carbons (Fsp3) is 1.00. The number of ether oxygens (including phenoxy) is 1. The summed E-state index contributed by atoms with van der Waals surface area (Å²) < 4.78 is 28.4. The molecule has 1 saturated carbocycles. The molecule has 0 aliphatic heterocycles.